The molecule has 0 radical (unpaired) electrons. The van der Waals surface area contributed by atoms with Crippen molar-refractivity contribution in [1.82, 2.24) is 25.6 Å². The van der Waals surface area contributed by atoms with Crippen molar-refractivity contribution >= 4 is 39.6 Å². The maximum absolute atomic E-state index is 13.0. The molecule has 0 bridgehead atoms. The van der Waals surface area contributed by atoms with Crippen molar-refractivity contribution in [2.24, 2.45) is 11.8 Å². The Balaban J connectivity index is 1.21. The molecule has 2 saturated heterocycles. The molecule has 5 heterocycles. The van der Waals surface area contributed by atoms with Gasteiger partial charge in [-0.2, -0.15) is 0 Å². The van der Waals surface area contributed by atoms with Crippen LogP contribution in [0.3, 0.4) is 0 Å². The Bertz CT molecular complexity index is 1700. The Morgan fingerprint density at radius 1 is 1.07 bits per heavy atom. The average Bonchev–Trinajstić information content (AvgIpc) is 3.47. The van der Waals surface area contributed by atoms with Gasteiger partial charge >= 0.3 is 0 Å². The van der Waals surface area contributed by atoms with E-state index >= 15 is 0 Å². The Kier molecular flexibility index (Phi) is 8.57. The minimum absolute atomic E-state index is 0.0985. The number of aromatic amines is 1. The van der Waals surface area contributed by atoms with Crippen molar-refractivity contribution in [2.45, 2.75) is 58.8 Å². The Hall–Kier alpha value is -4.17. The van der Waals surface area contributed by atoms with Crippen LogP contribution in [0, 0.1) is 18.8 Å². The summed E-state index contributed by atoms with van der Waals surface area (Å²) in [4.78, 5) is 29.0. The first kappa shape index (κ1) is 29.5. The molecule has 1 aliphatic carbocycles. The van der Waals surface area contributed by atoms with Crippen LogP contribution in [0.4, 0.5) is 11.5 Å². The van der Waals surface area contributed by atoms with Crippen LogP contribution in [0.5, 0.6) is 0 Å². The number of benzene rings is 1. The smallest absolute Gasteiger partial charge is 0.224 e. The van der Waals surface area contributed by atoms with Gasteiger partial charge in [0, 0.05) is 49.7 Å². The predicted molar refractivity (Wildman–Crippen MR) is 184 cm³/mol. The molecule has 0 saturated carbocycles. The molecule has 8 heteroatoms. The minimum atomic E-state index is 0.0985. The number of pyridine rings is 1. The first-order valence-corrected chi connectivity index (χ1v) is 16.8. The number of allylic oxidation sites excluding steroid dienone is 6. The fourth-order valence-corrected chi connectivity index (χ4v) is 7.32. The molecule has 0 unspecified atom stereocenters. The second kappa shape index (κ2) is 13.1. The van der Waals surface area contributed by atoms with E-state index in [1.807, 2.05) is 12.3 Å². The van der Waals surface area contributed by atoms with Crippen LogP contribution in [-0.2, 0) is 4.79 Å². The molecule has 1 amide bonds. The largest absolute Gasteiger partial charge is 0.387 e. The summed E-state index contributed by atoms with van der Waals surface area (Å²) in [5.74, 6) is 2.83. The predicted octanol–water partition coefficient (Wildman–Crippen LogP) is 6.51. The zero-order valence-electron chi connectivity index (χ0n) is 26.6. The number of anilines is 2. The van der Waals surface area contributed by atoms with Gasteiger partial charge in [-0.3, -0.25) is 4.79 Å². The third kappa shape index (κ3) is 6.47. The van der Waals surface area contributed by atoms with Crippen molar-refractivity contribution in [3.05, 3.63) is 83.0 Å². The van der Waals surface area contributed by atoms with E-state index < -0.39 is 0 Å². The number of rotatable bonds is 6. The number of aryl methyl sites for hydroxylation is 1. The van der Waals surface area contributed by atoms with Crippen molar-refractivity contribution in [3.63, 3.8) is 0 Å². The Morgan fingerprint density at radius 3 is 2.76 bits per heavy atom. The lowest BCUT2D eigenvalue weighted by molar-refractivity contribution is -0.117. The number of piperidine rings is 2. The van der Waals surface area contributed by atoms with Crippen LogP contribution in [0.2, 0.25) is 0 Å². The number of fused-ring (bicyclic) bond motifs is 2. The third-order valence-corrected chi connectivity index (χ3v) is 9.72. The van der Waals surface area contributed by atoms with Crippen LogP contribution in [-0.4, -0.2) is 53.6 Å². The minimum Gasteiger partial charge on any atom is -0.387 e. The van der Waals surface area contributed by atoms with Crippen LogP contribution in [0.15, 0.2) is 66.0 Å². The maximum Gasteiger partial charge on any atom is 0.224 e. The molecule has 4 aliphatic rings. The molecular formula is C37H45N7O. The van der Waals surface area contributed by atoms with E-state index in [4.69, 9.17) is 9.97 Å². The lowest BCUT2D eigenvalue weighted by atomic mass is 9.79. The number of hydrogen-bond acceptors (Lipinski definition) is 6. The second-order valence-corrected chi connectivity index (χ2v) is 13.2. The SMILES string of the molecule is Cc1cc(NC(=O)CC2CCNCC2)cc(C2=C/NC/C=C3/C(=C\2)C(c2nc4c(N5CCCCC5)nccc4[nH]2)=CC[C@H]3C)c1. The fourth-order valence-electron chi connectivity index (χ4n) is 7.32. The number of nitrogens with one attached hydrogen (secondary N) is 4. The number of amides is 1. The van der Waals surface area contributed by atoms with E-state index in [0.29, 0.717) is 18.3 Å². The van der Waals surface area contributed by atoms with Gasteiger partial charge in [-0.25, -0.2) is 9.97 Å². The van der Waals surface area contributed by atoms with E-state index in [2.05, 4.69) is 82.3 Å². The van der Waals surface area contributed by atoms with E-state index in [0.717, 1.165) is 103 Å². The number of carbonyl (C=O) groups excluding carboxylic acids is 1. The first-order chi connectivity index (χ1) is 22.0. The number of aromatic nitrogens is 3. The van der Waals surface area contributed by atoms with Gasteiger partial charge < -0.3 is 25.8 Å². The Morgan fingerprint density at radius 2 is 1.91 bits per heavy atom. The highest BCUT2D eigenvalue weighted by Gasteiger charge is 2.27. The summed E-state index contributed by atoms with van der Waals surface area (Å²) in [5, 5.41) is 10.1. The zero-order valence-corrected chi connectivity index (χ0v) is 26.6. The molecule has 234 valence electrons. The van der Waals surface area contributed by atoms with Crippen LogP contribution >= 0.6 is 0 Å². The van der Waals surface area contributed by atoms with Gasteiger partial charge in [-0.1, -0.05) is 25.1 Å². The third-order valence-electron chi connectivity index (χ3n) is 9.72. The lowest BCUT2D eigenvalue weighted by Crippen LogP contribution is -2.30. The molecule has 0 spiro atoms. The van der Waals surface area contributed by atoms with Gasteiger partial charge in [0.2, 0.25) is 5.91 Å². The molecule has 7 rings (SSSR count). The van der Waals surface area contributed by atoms with Gasteiger partial charge in [0.05, 0.1) is 5.52 Å². The molecule has 3 aromatic rings. The molecule has 8 nitrogen and oxygen atoms in total. The lowest BCUT2D eigenvalue weighted by Gasteiger charge is -2.27. The summed E-state index contributed by atoms with van der Waals surface area (Å²) in [7, 11) is 0. The number of hydrogen-bond donors (Lipinski definition) is 4. The van der Waals surface area contributed by atoms with Crippen LogP contribution in [0.25, 0.3) is 22.2 Å². The summed E-state index contributed by atoms with van der Waals surface area (Å²) in [6, 6.07) is 8.41. The number of imidazole rings is 1. The highest BCUT2D eigenvalue weighted by atomic mass is 16.1. The van der Waals surface area contributed by atoms with Crippen molar-refractivity contribution < 1.29 is 4.79 Å². The Labute approximate surface area is 266 Å². The fraction of sp³-hybridized carbons (Fsp3) is 0.432. The normalized spacial score (nSPS) is 24.5. The average molecular weight is 604 g/mol. The molecule has 2 aromatic heterocycles. The topological polar surface area (TPSA) is 98.0 Å². The number of nitrogens with zero attached hydrogens (tertiary/aromatic N) is 3. The van der Waals surface area contributed by atoms with Gasteiger partial charge in [-0.05, 0) is 122 Å². The van der Waals surface area contributed by atoms with Crippen molar-refractivity contribution in [3.8, 4) is 0 Å². The molecule has 45 heavy (non-hydrogen) atoms. The van der Waals surface area contributed by atoms with E-state index in [1.54, 1.807) is 0 Å². The quantitative estimate of drug-likeness (QED) is 0.257. The van der Waals surface area contributed by atoms with Gasteiger partial charge in [-0.15, -0.1) is 0 Å². The summed E-state index contributed by atoms with van der Waals surface area (Å²) in [6.45, 7) is 9.21. The van der Waals surface area contributed by atoms with Crippen LogP contribution in [0.1, 0.15) is 68.8 Å². The summed E-state index contributed by atoms with van der Waals surface area (Å²) < 4.78 is 0. The summed E-state index contributed by atoms with van der Waals surface area (Å²) in [5.41, 5.74) is 9.77. The summed E-state index contributed by atoms with van der Waals surface area (Å²) >= 11 is 0. The van der Waals surface area contributed by atoms with E-state index in [9.17, 15) is 4.79 Å². The second-order valence-electron chi connectivity index (χ2n) is 13.2. The molecule has 2 fully saturated rings. The van der Waals surface area contributed by atoms with E-state index in [-0.39, 0.29) is 5.91 Å². The molecule has 4 N–H and O–H groups in total. The maximum atomic E-state index is 13.0. The number of carbonyl (C=O) groups is 1. The van der Waals surface area contributed by atoms with E-state index in [1.165, 1.54) is 30.4 Å². The standard InChI is InChI=1S/C37H45N7O/c1-24-18-27(21-29(19-24)41-34(45)20-26-8-12-38-13-9-26)28-22-32-30(10-14-39-23-28)25(2)6-7-31(32)36-42-33-11-15-40-37(35(33)43-36)44-16-4-3-5-17-44/h7,10-11,15,18-19,21-23,25-26,38-39H,3-6,8-9,12-14,16-17,20H2,1-2H3,(H,41,45)(H,42,43)/b28-23+,30-10+,32-22+/t25-/m1/s1. The molecular weight excluding hydrogens is 558 g/mol. The highest BCUT2D eigenvalue weighted by molar-refractivity contribution is 5.95. The molecule has 3 aliphatic heterocycles. The van der Waals surface area contributed by atoms with Gasteiger partial charge in [0.1, 0.15) is 11.3 Å². The first-order valence-electron chi connectivity index (χ1n) is 16.8. The highest BCUT2D eigenvalue weighted by Crippen LogP contribution is 2.41. The van der Waals surface area contributed by atoms with Gasteiger partial charge in [0.25, 0.3) is 0 Å². The monoisotopic (exact) mass is 603 g/mol. The molecule has 1 aromatic carbocycles. The number of H-pyrrole nitrogens is 1. The van der Waals surface area contributed by atoms with Crippen molar-refractivity contribution in [2.75, 3.05) is 42.9 Å². The summed E-state index contributed by atoms with van der Waals surface area (Å²) in [6.07, 6.45) is 18.3. The van der Waals surface area contributed by atoms with Gasteiger partial charge in [0.15, 0.2) is 5.82 Å². The van der Waals surface area contributed by atoms with Crippen molar-refractivity contribution in [1.29, 1.82) is 0 Å². The zero-order chi connectivity index (χ0) is 30.8. The molecule has 1 atom stereocenters. The van der Waals surface area contributed by atoms with Crippen LogP contribution < -0.4 is 20.9 Å².